The van der Waals surface area contributed by atoms with Crippen molar-refractivity contribution >= 4 is 35.3 Å². The topological polar surface area (TPSA) is 41.5 Å². The highest BCUT2D eigenvalue weighted by Crippen LogP contribution is 2.21. The van der Waals surface area contributed by atoms with E-state index in [9.17, 15) is 4.79 Å². The average molecular weight is 273 g/mol. The van der Waals surface area contributed by atoms with E-state index < -0.39 is 0 Å². The lowest BCUT2D eigenvalue weighted by molar-refractivity contribution is -0.121. The van der Waals surface area contributed by atoms with Crippen LogP contribution < -0.4 is 5.43 Å². The van der Waals surface area contributed by atoms with Crippen LogP contribution in [-0.4, -0.2) is 12.1 Å². The fraction of sp³-hybridized carbons (Fsp3) is 0.333. The molecule has 3 nitrogen and oxygen atoms in total. The fourth-order valence-electron chi connectivity index (χ4n) is 1.22. The second kappa shape index (κ2) is 6.62. The van der Waals surface area contributed by atoms with Crippen LogP contribution in [0.4, 0.5) is 0 Å². The van der Waals surface area contributed by atoms with Gasteiger partial charge < -0.3 is 0 Å². The number of nitrogens with one attached hydrogen (secondary N) is 1. The molecule has 0 fully saturated rings. The quantitative estimate of drug-likeness (QED) is 0.662. The number of carbonyl (C=O) groups excluding carboxylic acids is 1. The van der Waals surface area contributed by atoms with E-state index in [0.717, 1.165) is 0 Å². The first-order valence-corrected chi connectivity index (χ1v) is 6.02. The summed E-state index contributed by atoms with van der Waals surface area (Å²) in [6.07, 6.45) is 1.89. The highest BCUT2D eigenvalue weighted by Gasteiger charge is 2.04. The Hall–Kier alpha value is -1.06. The van der Waals surface area contributed by atoms with Crippen LogP contribution in [0.15, 0.2) is 23.3 Å². The van der Waals surface area contributed by atoms with Gasteiger partial charge in [0.15, 0.2) is 0 Å². The van der Waals surface area contributed by atoms with Gasteiger partial charge in [0.25, 0.3) is 0 Å². The normalized spacial score (nSPS) is 11.1. The summed E-state index contributed by atoms with van der Waals surface area (Å²) >= 11 is 11.9. The number of carbonyl (C=O) groups is 1. The fourth-order valence-corrected chi connectivity index (χ4v) is 1.71. The van der Waals surface area contributed by atoms with E-state index in [-0.39, 0.29) is 5.91 Å². The van der Waals surface area contributed by atoms with Crippen LogP contribution >= 0.6 is 23.2 Å². The number of rotatable bonds is 4. The Morgan fingerprint density at radius 1 is 1.41 bits per heavy atom. The molecule has 1 rings (SSSR count). The monoisotopic (exact) mass is 272 g/mol. The van der Waals surface area contributed by atoms with Crippen molar-refractivity contribution in [2.24, 2.45) is 11.0 Å². The Morgan fingerprint density at radius 2 is 2.00 bits per heavy atom. The number of nitrogens with zero attached hydrogens (tertiary/aromatic N) is 1. The van der Waals surface area contributed by atoms with Crippen LogP contribution in [0, 0.1) is 5.92 Å². The maximum absolute atomic E-state index is 11.3. The maximum Gasteiger partial charge on any atom is 0.240 e. The van der Waals surface area contributed by atoms with Gasteiger partial charge in [0, 0.05) is 12.0 Å². The molecule has 1 aromatic rings. The molecule has 1 N–H and O–H groups in total. The van der Waals surface area contributed by atoms with Crippen molar-refractivity contribution in [1.82, 2.24) is 5.43 Å². The minimum Gasteiger partial charge on any atom is -0.273 e. The van der Waals surface area contributed by atoms with Crippen LogP contribution in [0.5, 0.6) is 0 Å². The number of halogens is 2. The van der Waals surface area contributed by atoms with Crippen molar-refractivity contribution in [2.75, 3.05) is 0 Å². The summed E-state index contributed by atoms with van der Waals surface area (Å²) in [7, 11) is 0. The van der Waals surface area contributed by atoms with Crippen molar-refractivity contribution in [2.45, 2.75) is 20.3 Å². The van der Waals surface area contributed by atoms with E-state index in [2.05, 4.69) is 10.5 Å². The summed E-state index contributed by atoms with van der Waals surface area (Å²) in [5.41, 5.74) is 3.03. The first-order chi connectivity index (χ1) is 8.00. The third-order valence-corrected chi connectivity index (χ3v) is 2.64. The van der Waals surface area contributed by atoms with Gasteiger partial charge >= 0.3 is 0 Å². The molecule has 0 saturated carbocycles. The van der Waals surface area contributed by atoms with E-state index in [1.165, 1.54) is 6.21 Å². The number of benzene rings is 1. The zero-order valence-corrected chi connectivity index (χ0v) is 11.2. The molecule has 5 heteroatoms. The Balaban J connectivity index is 2.63. The second-order valence-corrected chi connectivity index (χ2v) is 4.84. The van der Waals surface area contributed by atoms with Crippen LogP contribution in [0.3, 0.4) is 0 Å². The molecule has 0 spiro atoms. The largest absolute Gasteiger partial charge is 0.273 e. The van der Waals surface area contributed by atoms with Gasteiger partial charge in [-0.05, 0) is 18.1 Å². The number of hydrogen-bond acceptors (Lipinski definition) is 2. The predicted octanol–water partition coefficient (Wildman–Crippen LogP) is 3.49. The molecular weight excluding hydrogens is 259 g/mol. The summed E-state index contributed by atoms with van der Waals surface area (Å²) in [6, 6.07) is 5.18. The SMILES string of the molecule is CC(C)CC(=O)N/N=C/c1c(Cl)cccc1Cl. The molecule has 0 atom stereocenters. The number of hydrogen-bond donors (Lipinski definition) is 1. The molecule has 1 aromatic carbocycles. The Labute approximate surface area is 111 Å². The van der Waals surface area contributed by atoms with Gasteiger partial charge in [-0.15, -0.1) is 0 Å². The lowest BCUT2D eigenvalue weighted by Crippen LogP contribution is -2.19. The first kappa shape index (κ1) is 14.0. The molecule has 0 radical (unpaired) electrons. The third-order valence-electron chi connectivity index (χ3n) is 1.98. The summed E-state index contributed by atoms with van der Waals surface area (Å²) in [4.78, 5) is 11.3. The van der Waals surface area contributed by atoms with Crippen molar-refractivity contribution in [3.63, 3.8) is 0 Å². The number of amides is 1. The molecule has 0 aliphatic carbocycles. The number of hydrazone groups is 1. The zero-order valence-electron chi connectivity index (χ0n) is 9.71. The van der Waals surface area contributed by atoms with Crippen LogP contribution in [0.25, 0.3) is 0 Å². The summed E-state index contributed by atoms with van der Waals surface area (Å²) < 4.78 is 0. The minimum absolute atomic E-state index is 0.126. The standard InChI is InChI=1S/C12H14Cl2N2O/c1-8(2)6-12(17)16-15-7-9-10(13)4-3-5-11(9)14/h3-5,7-8H,6H2,1-2H3,(H,16,17)/b15-7+. The lowest BCUT2D eigenvalue weighted by Gasteiger charge is -2.03. The van der Waals surface area contributed by atoms with Crippen LogP contribution in [-0.2, 0) is 4.79 Å². The molecule has 17 heavy (non-hydrogen) atoms. The molecule has 0 aliphatic rings. The molecule has 1 amide bonds. The molecule has 0 aromatic heterocycles. The molecule has 0 bridgehead atoms. The van der Waals surface area contributed by atoms with E-state index in [1.807, 2.05) is 13.8 Å². The Bertz CT molecular complexity index is 410. The smallest absolute Gasteiger partial charge is 0.240 e. The van der Waals surface area contributed by atoms with Gasteiger partial charge in [0.05, 0.1) is 16.3 Å². The molecule has 0 heterocycles. The van der Waals surface area contributed by atoms with Gasteiger partial charge in [0.1, 0.15) is 0 Å². The lowest BCUT2D eigenvalue weighted by atomic mass is 10.1. The Kier molecular flexibility index (Phi) is 5.45. The van der Waals surface area contributed by atoms with E-state index in [1.54, 1.807) is 18.2 Å². The maximum atomic E-state index is 11.3. The summed E-state index contributed by atoms with van der Waals surface area (Å²) in [6.45, 7) is 3.93. The molecule has 0 saturated heterocycles. The first-order valence-electron chi connectivity index (χ1n) is 5.26. The minimum atomic E-state index is -0.126. The molecule has 0 unspecified atom stereocenters. The van der Waals surface area contributed by atoms with Crippen molar-refractivity contribution in [3.05, 3.63) is 33.8 Å². The Morgan fingerprint density at radius 3 is 2.53 bits per heavy atom. The highest BCUT2D eigenvalue weighted by atomic mass is 35.5. The zero-order chi connectivity index (χ0) is 12.8. The molecule has 92 valence electrons. The van der Waals surface area contributed by atoms with Gasteiger partial charge in [-0.25, -0.2) is 5.43 Å². The van der Waals surface area contributed by atoms with E-state index in [0.29, 0.717) is 27.9 Å². The van der Waals surface area contributed by atoms with E-state index in [4.69, 9.17) is 23.2 Å². The van der Waals surface area contributed by atoms with Crippen molar-refractivity contribution in [3.8, 4) is 0 Å². The summed E-state index contributed by atoms with van der Waals surface area (Å²) in [5, 5.41) is 4.82. The van der Waals surface area contributed by atoms with Gasteiger partial charge in [0.2, 0.25) is 5.91 Å². The second-order valence-electron chi connectivity index (χ2n) is 4.03. The van der Waals surface area contributed by atoms with Gasteiger partial charge in [-0.2, -0.15) is 5.10 Å². The van der Waals surface area contributed by atoms with Crippen LogP contribution in [0.2, 0.25) is 10.0 Å². The highest BCUT2D eigenvalue weighted by molar-refractivity contribution is 6.38. The van der Waals surface area contributed by atoms with E-state index >= 15 is 0 Å². The van der Waals surface area contributed by atoms with Crippen molar-refractivity contribution in [1.29, 1.82) is 0 Å². The van der Waals surface area contributed by atoms with Gasteiger partial charge in [-0.1, -0.05) is 43.1 Å². The molecule has 0 aliphatic heterocycles. The van der Waals surface area contributed by atoms with Gasteiger partial charge in [-0.3, -0.25) is 4.79 Å². The molecular formula is C12H14Cl2N2O. The third kappa shape index (κ3) is 4.75. The van der Waals surface area contributed by atoms with Crippen molar-refractivity contribution < 1.29 is 4.79 Å². The summed E-state index contributed by atoms with van der Waals surface area (Å²) in [5.74, 6) is 0.175. The van der Waals surface area contributed by atoms with Crippen LogP contribution in [0.1, 0.15) is 25.8 Å². The predicted molar refractivity (Wildman–Crippen MR) is 71.7 cm³/mol. The average Bonchev–Trinajstić information content (AvgIpc) is 2.21.